The Labute approximate surface area is 375 Å². The van der Waals surface area contributed by atoms with Crippen LogP contribution >= 0.6 is 22.9 Å². The SMILES string of the molecule is CC(C)C[C@@H]1NC(=O)[C@@H](Cc2ccccc2)NC(=O)[C@H](CCN)NC(=O)[C@@H](NC(=O)[C@H](CCN)NI)CCNC(=O)[C@H]([C@@H](C)O)NC(=O)[C@H](CCN)NC(=O)[C@H](CCN)NC1=O. The number of aliphatic hydroxyl groups is 1. The van der Waals surface area contributed by atoms with E-state index in [1.54, 1.807) is 53.2 Å². The van der Waals surface area contributed by atoms with E-state index in [0.717, 1.165) is 0 Å². The molecule has 22 nitrogen and oxygen atoms in total. The van der Waals surface area contributed by atoms with Gasteiger partial charge in [0.15, 0.2) is 0 Å². The summed E-state index contributed by atoms with van der Waals surface area (Å²) in [6.45, 7) is 4.54. The summed E-state index contributed by atoms with van der Waals surface area (Å²) in [5, 5.41) is 31.4. The van der Waals surface area contributed by atoms with Gasteiger partial charge in [-0.15, -0.1) is 0 Å². The van der Waals surface area contributed by atoms with Crippen molar-refractivity contribution < 1.29 is 43.5 Å². The second-order valence-corrected chi connectivity index (χ2v) is 16.1. The van der Waals surface area contributed by atoms with E-state index in [2.05, 4.69) is 46.1 Å². The third-order valence-corrected chi connectivity index (χ3v) is 10.6. The molecule has 1 aliphatic rings. The molecule has 0 radical (unpaired) electrons. The minimum absolute atomic E-state index is 0.0296. The van der Waals surface area contributed by atoms with Crippen LogP contribution in [0.3, 0.4) is 0 Å². The molecule has 0 spiro atoms. The molecule has 9 atom stereocenters. The van der Waals surface area contributed by atoms with Crippen LogP contribution in [0.4, 0.5) is 0 Å². The average Bonchev–Trinajstić information content (AvgIpc) is 3.22. The maximum absolute atomic E-state index is 14.2. The number of nitrogens with two attached hydrogens (primary N) is 4. The van der Waals surface area contributed by atoms with Gasteiger partial charge in [-0.25, -0.2) is 3.53 Å². The van der Waals surface area contributed by atoms with Gasteiger partial charge >= 0.3 is 0 Å². The van der Waals surface area contributed by atoms with Crippen LogP contribution in [0.1, 0.15) is 64.9 Å². The number of aliphatic hydroxyl groups excluding tert-OH is 1. The summed E-state index contributed by atoms with van der Waals surface area (Å²) >= 11 is 1.78. The van der Waals surface area contributed by atoms with Crippen molar-refractivity contribution in [2.75, 3.05) is 32.7 Å². The van der Waals surface area contributed by atoms with Crippen molar-refractivity contribution >= 4 is 70.1 Å². The van der Waals surface area contributed by atoms with E-state index < -0.39 is 102 Å². The van der Waals surface area contributed by atoms with Crippen molar-refractivity contribution in [2.24, 2.45) is 28.9 Å². The summed E-state index contributed by atoms with van der Waals surface area (Å²) in [5.74, 6) is -6.41. The number of halogens is 1. The van der Waals surface area contributed by atoms with Gasteiger partial charge in [0.05, 0.1) is 12.1 Å². The summed E-state index contributed by atoms with van der Waals surface area (Å²) < 4.78 is 2.80. The zero-order valence-electron chi connectivity index (χ0n) is 35.5. The summed E-state index contributed by atoms with van der Waals surface area (Å²) in [4.78, 5) is 110. The van der Waals surface area contributed by atoms with E-state index in [-0.39, 0.29) is 83.6 Å². The summed E-state index contributed by atoms with van der Waals surface area (Å²) in [5.41, 5.74) is 23.8. The molecule has 62 heavy (non-hydrogen) atoms. The van der Waals surface area contributed by atoms with Crippen LogP contribution in [0.5, 0.6) is 0 Å². The molecular formula is C39H66IN13O9. The summed E-state index contributed by atoms with van der Waals surface area (Å²) in [7, 11) is 0. The Morgan fingerprint density at radius 1 is 0.677 bits per heavy atom. The molecule has 0 bridgehead atoms. The molecule has 0 unspecified atom stereocenters. The molecule has 1 aliphatic heterocycles. The van der Waals surface area contributed by atoms with Crippen LogP contribution in [-0.2, 0) is 44.8 Å². The van der Waals surface area contributed by atoms with Crippen LogP contribution < -0.4 is 69.0 Å². The lowest BCUT2D eigenvalue weighted by atomic mass is 10.00. The van der Waals surface area contributed by atoms with Crippen LogP contribution in [0.25, 0.3) is 0 Å². The quantitative estimate of drug-likeness (QED) is 0.0547. The Bertz CT molecular complexity index is 1640. The zero-order valence-corrected chi connectivity index (χ0v) is 37.7. The van der Waals surface area contributed by atoms with Gasteiger partial charge in [-0.1, -0.05) is 44.2 Å². The molecular weight excluding hydrogens is 921 g/mol. The predicted molar refractivity (Wildman–Crippen MR) is 238 cm³/mol. The monoisotopic (exact) mass is 987 g/mol. The highest BCUT2D eigenvalue weighted by Crippen LogP contribution is 2.11. The first-order valence-corrected chi connectivity index (χ1v) is 21.9. The van der Waals surface area contributed by atoms with Crippen molar-refractivity contribution in [3.63, 3.8) is 0 Å². The standard InChI is InChI=1S/C39H66IN13O9/c1-21(2)19-29-37(60)48-24(9-14-41)32(55)47-26(11-16-43)35(58)52-31(22(3)54)39(62)45-18-13-27(49-36(59)28(53-40)12-17-44)34(57)46-25(10-15-42)33(56)51-30(38(61)50-29)20-23-7-5-4-6-8-23/h4-8,21-22,24-31,53-54H,9-20,41-44H2,1-3H3,(H,45,62)(H,46,57)(H,47,55)(H,48,60)(H,49,59)(H,50,61)(H,51,56)(H,52,58)/t22-,24+,25+,26+,27+,28+,29+,30-,31+/m1/s1. The van der Waals surface area contributed by atoms with Gasteiger partial charge in [-0.2, -0.15) is 0 Å². The van der Waals surface area contributed by atoms with Crippen molar-refractivity contribution in [1.82, 2.24) is 46.1 Å². The van der Waals surface area contributed by atoms with Crippen molar-refractivity contribution in [3.8, 4) is 0 Å². The highest BCUT2D eigenvalue weighted by Gasteiger charge is 2.35. The van der Waals surface area contributed by atoms with Crippen LogP contribution in [-0.4, -0.2) is 140 Å². The number of hydrogen-bond acceptors (Lipinski definition) is 14. The molecule has 8 amide bonds. The Hall–Kier alpha value is -4.53. The molecule has 1 heterocycles. The van der Waals surface area contributed by atoms with E-state index in [9.17, 15) is 43.5 Å². The van der Waals surface area contributed by atoms with E-state index in [0.29, 0.717) is 5.56 Å². The van der Waals surface area contributed by atoms with Gasteiger partial charge in [0.1, 0.15) is 42.3 Å². The first-order valence-electron chi connectivity index (χ1n) is 20.8. The first-order chi connectivity index (χ1) is 29.5. The van der Waals surface area contributed by atoms with E-state index in [1.807, 2.05) is 13.8 Å². The number of benzene rings is 1. The van der Waals surface area contributed by atoms with Gasteiger partial charge in [0.25, 0.3) is 0 Å². The van der Waals surface area contributed by atoms with E-state index in [4.69, 9.17) is 22.9 Å². The van der Waals surface area contributed by atoms with Gasteiger partial charge in [-0.05, 0) is 83.1 Å². The van der Waals surface area contributed by atoms with E-state index in [1.165, 1.54) is 6.92 Å². The topological polar surface area (TPSA) is 369 Å². The van der Waals surface area contributed by atoms with E-state index >= 15 is 0 Å². The molecule has 23 heteroatoms. The molecule has 0 aliphatic carbocycles. The van der Waals surface area contributed by atoms with Crippen molar-refractivity contribution in [2.45, 2.75) is 120 Å². The lowest BCUT2D eigenvalue weighted by Gasteiger charge is -2.28. The molecule has 0 saturated carbocycles. The number of carbonyl (C=O) groups is 8. The number of hydrogen-bond donors (Lipinski definition) is 14. The van der Waals surface area contributed by atoms with Crippen LogP contribution in [0, 0.1) is 5.92 Å². The molecule has 1 fully saturated rings. The molecule has 0 aromatic heterocycles. The highest BCUT2D eigenvalue weighted by molar-refractivity contribution is 14.1. The number of nitrogens with one attached hydrogen (secondary N) is 9. The minimum Gasteiger partial charge on any atom is -0.391 e. The van der Waals surface area contributed by atoms with Crippen LogP contribution in [0.2, 0.25) is 0 Å². The lowest BCUT2D eigenvalue weighted by molar-refractivity contribution is -0.136. The highest BCUT2D eigenvalue weighted by atomic mass is 127. The maximum atomic E-state index is 14.2. The Morgan fingerprint density at radius 2 is 1.15 bits per heavy atom. The number of rotatable bonds is 16. The third kappa shape index (κ3) is 18.1. The number of amides is 8. The fraction of sp³-hybridized carbons (Fsp3) is 0.641. The minimum atomic E-state index is -1.55. The van der Waals surface area contributed by atoms with Crippen molar-refractivity contribution in [3.05, 3.63) is 35.9 Å². The fourth-order valence-corrected chi connectivity index (χ4v) is 7.08. The Morgan fingerprint density at radius 3 is 1.63 bits per heavy atom. The van der Waals surface area contributed by atoms with Gasteiger partial charge < -0.3 is 70.6 Å². The Kier molecular flexibility index (Phi) is 24.4. The third-order valence-electron chi connectivity index (χ3n) is 9.85. The van der Waals surface area contributed by atoms with Crippen LogP contribution in [0.15, 0.2) is 30.3 Å². The lowest BCUT2D eigenvalue weighted by Crippen LogP contribution is -2.61. The largest absolute Gasteiger partial charge is 0.391 e. The van der Waals surface area contributed by atoms with Crippen molar-refractivity contribution in [1.29, 1.82) is 0 Å². The molecule has 1 aromatic rings. The molecule has 2 rings (SSSR count). The van der Waals surface area contributed by atoms with Gasteiger partial charge in [0, 0.05) is 35.8 Å². The maximum Gasteiger partial charge on any atom is 0.245 e. The number of carbonyl (C=O) groups excluding carboxylic acids is 8. The normalized spacial score (nSPS) is 25.2. The summed E-state index contributed by atoms with van der Waals surface area (Å²) in [6.07, 6.45) is -1.66. The molecule has 18 N–H and O–H groups in total. The Balaban J connectivity index is 2.70. The predicted octanol–water partition coefficient (Wildman–Crippen LogP) is -4.73. The smallest absolute Gasteiger partial charge is 0.245 e. The summed E-state index contributed by atoms with van der Waals surface area (Å²) in [6, 6.07) is -1.40. The molecule has 1 saturated heterocycles. The van der Waals surface area contributed by atoms with Gasteiger partial charge in [-0.3, -0.25) is 38.4 Å². The van der Waals surface area contributed by atoms with Gasteiger partial charge in [0.2, 0.25) is 47.3 Å². The molecule has 348 valence electrons. The first kappa shape index (κ1) is 53.6. The molecule has 1 aromatic carbocycles. The second-order valence-electron chi connectivity index (χ2n) is 15.5. The average molecular weight is 988 g/mol. The fourth-order valence-electron chi connectivity index (χ4n) is 6.48. The second kappa shape index (κ2) is 28.2. The zero-order chi connectivity index (χ0) is 46.4.